The van der Waals surface area contributed by atoms with Crippen LogP contribution in [0.5, 0.6) is 0 Å². The van der Waals surface area contributed by atoms with Gasteiger partial charge in [0.25, 0.3) is 0 Å². The molecule has 2 heteroatoms. The lowest BCUT2D eigenvalue weighted by Crippen LogP contribution is -3.18. The van der Waals surface area contributed by atoms with Gasteiger partial charge < -0.3 is 4.90 Å². The van der Waals surface area contributed by atoms with Gasteiger partial charge in [0.15, 0.2) is 0 Å². The van der Waals surface area contributed by atoms with E-state index in [1.807, 2.05) is 0 Å². The predicted octanol–water partition coefficient (Wildman–Crippen LogP) is -0.469. The summed E-state index contributed by atoms with van der Waals surface area (Å²) >= 11 is 0. The summed E-state index contributed by atoms with van der Waals surface area (Å²) in [5.74, 6) is 0. The Labute approximate surface area is 69.2 Å². The van der Waals surface area contributed by atoms with Crippen LogP contribution >= 0.6 is 0 Å². The SMILES string of the molecule is [CH2-][NH+]1CC(N2CCCCC2)C1. The quantitative estimate of drug-likeness (QED) is 0.502. The van der Waals surface area contributed by atoms with Crippen molar-refractivity contribution < 1.29 is 4.90 Å². The second kappa shape index (κ2) is 3.11. The fourth-order valence-electron chi connectivity index (χ4n) is 2.15. The van der Waals surface area contributed by atoms with E-state index in [1.165, 1.54) is 50.3 Å². The molecule has 1 N–H and O–H groups in total. The van der Waals surface area contributed by atoms with Crippen molar-refractivity contribution in [3.63, 3.8) is 0 Å². The summed E-state index contributed by atoms with van der Waals surface area (Å²) in [7, 11) is 3.98. The van der Waals surface area contributed by atoms with Crippen LogP contribution in [0.3, 0.4) is 0 Å². The molecule has 0 aromatic rings. The summed E-state index contributed by atoms with van der Waals surface area (Å²) in [6.45, 7) is 5.25. The van der Waals surface area contributed by atoms with Crippen LogP contribution in [0, 0.1) is 7.05 Å². The molecular formula is C9H18N2. The number of nitrogens with one attached hydrogen (secondary N) is 1. The fourth-order valence-corrected chi connectivity index (χ4v) is 2.15. The van der Waals surface area contributed by atoms with Crippen LogP contribution in [0.15, 0.2) is 0 Å². The number of hydrogen-bond donors (Lipinski definition) is 1. The molecule has 2 aliphatic rings. The zero-order valence-electron chi connectivity index (χ0n) is 7.18. The van der Waals surface area contributed by atoms with Crippen molar-refractivity contribution in [1.29, 1.82) is 0 Å². The Bertz CT molecular complexity index is 124. The second-order valence-electron chi connectivity index (χ2n) is 3.91. The van der Waals surface area contributed by atoms with Gasteiger partial charge in [-0.3, -0.25) is 4.90 Å². The van der Waals surface area contributed by atoms with Crippen LogP contribution in [-0.4, -0.2) is 37.1 Å². The summed E-state index contributed by atoms with van der Waals surface area (Å²) in [5, 5.41) is 0. The highest BCUT2D eigenvalue weighted by atomic mass is 15.3. The Morgan fingerprint density at radius 1 is 1.09 bits per heavy atom. The summed E-state index contributed by atoms with van der Waals surface area (Å²) in [5.41, 5.74) is 0. The van der Waals surface area contributed by atoms with Gasteiger partial charge in [0.1, 0.15) is 6.04 Å². The van der Waals surface area contributed by atoms with Crippen molar-refractivity contribution >= 4 is 0 Å². The van der Waals surface area contributed by atoms with Gasteiger partial charge in [-0.05, 0) is 25.9 Å². The first-order valence-corrected chi connectivity index (χ1v) is 4.77. The van der Waals surface area contributed by atoms with E-state index in [2.05, 4.69) is 11.9 Å². The smallest absolute Gasteiger partial charge is 0.104 e. The van der Waals surface area contributed by atoms with Crippen LogP contribution in [0.25, 0.3) is 0 Å². The summed E-state index contributed by atoms with van der Waals surface area (Å²) in [4.78, 5) is 4.11. The molecule has 0 aliphatic carbocycles. The molecule has 64 valence electrons. The van der Waals surface area contributed by atoms with E-state index in [9.17, 15) is 0 Å². The third-order valence-electron chi connectivity index (χ3n) is 2.96. The van der Waals surface area contributed by atoms with Gasteiger partial charge >= 0.3 is 0 Å². The number of quaternary nitrogens is 1. The van der Waals surface area contributed by atoms with Crippen molar-refractivity contribution in [1.82, 2.24) is 4.90 Å². The molecule has 2 rings (SSSR count). The Hall–Kier alpha value is -0.0800. The summed E-state index contributed by atoms with van der Waals surface area (Å²) in [6.07, 6.45) is 4.29. The topological polar surface area (TPSA) is 7.68 Å². The van der Waals surface area contributed by atoms with Gasteiger partial charge in [0, 0.05) is 0 Å². The molecule has 2 heterocycles. The molecule has 0 radical (unpaired) electrons. The first-order chi connectivity index (χ1) is 5.36. The van der Waals surface area contributed by atoms with Crippen LogP contribution in [0.4, 0.5) is 0 Å². The maximum absolute atomic E-state index is 3.98. The van der Waals surface area contributed by atoms with Gasteiger partial charge in [-0.2, -0.15) is 7.05 Å². The van der Waals surface area contributed by atoms with Crippen LogP contribution in [0.2, 0.25) is 0 Å². The van der Waals surface area contributed by atoms with E-state index in [0.717, 1.165) is 6.04 Å². The van der Waals surface area contributed by atoms with E-state index in [4.69, 9.17) is 0 Å². The summed E-state index contributed by atoms with van der Waals surface area (Å²) in [6, 6.07) is 0.878. The van der Waals surface area contributed by atoms with E-state index in [1.54, 1.807) is 0 Å². The molecule has 0 atom stereocenters. The monoisotopic (exact) mass is 154 g/mol. The average molecular weight is 154 g/mol. The Kier molecular flexibility index (Phi) is 2.14. The zero-order valence-corrected chi connectivity index (χ0v) is 7.18. The molecule has 11 heavy (non-hydrogen) atoms. The number of hydrogen-bond acceptors (Lipinski definition) is 1. The van der Waals surface area contributed by atoms with Crippen LogP contribution in [0.1, 0.15) is 19.3 Å². The third kappa shape index (κ3) is 1.57. The van der Waals surface area contributed by atoms with Gasteiger partial charge in [0.2, 0.25) is 0 Å². The minimum absolute atomic E-state index is 0.878. The van der Waals surface area contributed by atoms with E-state index in [0.29, 0.717) is 0 Å². The third-order valence-corrected chi connectivity index (χ3v) is 2.96. The molecule has 0 amide bonds. The highest BCUT2D eigenvalue weighted by Gasteiger charge is 2.30. The molecular weight excluding hydrogens is 136 g/mol. The van der Waals surface area contributed by atoms with E-state index >= 15 is 0 Å². The van der Waals surface area contributed by atoms with Gasteiger partial charge in [-0.15, -0.1) is 0 Å². The Morgan fingerprint density at radius 2 is 1.73 bits per heavy atom. The Balaban J connectivity index is 1.76. The average Bonchev–Trinajstić information content (AvgIpc) is 2.01. The molecule has 0 aromatic carbocycles. The van der Waals surface area contributed by atoms with Crippen molar-refractivity contribution in [2.75, 3.05) is 26.2 Å². The lowest BCUT2D eigenvalue weighted by Gasteiger charge is -2.45. The van der Waals surface area contributed by atoms with E-state index < -0.39 is 0 Å². The zero-order chi connectivity index (χ0) is 7.68. The molecule has 2 aliphatic heterocycles. The maximum atomic E-state index is 3.98. The highest BCUT2D eigenvalue weighted by molar-refractivity contribution is 4.77. The molecule has 0 aromatic heterocycles. The van der Waals surface area contributed by atoms with Crippen LogP contribution in [-0.2, 0) is 0 Å². The second-order valence-corrected chi connectivity index (χ2v) is 3.91. The van der Waals surface area contributed by atoms with Gasteiger partial charge in [-0.25, -0.2) is 0 Å². The number of likely N-dealkylation sites (tertiary alicyclic amines) is 2. The lowest BCUT2D eigenvalue weighted by molar-refractivity contribution is -0.902. The minimum atomic E-state index is 0.878. The number of rotatable bonds is 1. The van der Waals surface area contributed by atoms with E-state index in [-0.39, 0.29) is 0 Å². The first kappa shape index (κ1) is 7.56. The lowest BCUT2D eigenvalue weighted by atomic mass is 10.0. The van der Waals surface area contributed by atoms with Crippen molar-refractivity contribution in [2.45, 2.75) is 25.3 Å². The minimum Gasteiger partial charge on any atom is -0.465 e. The number of nitrogens with zero attached hydrogens (tertiary/aromatic N) is 1. The van der Waals surface area contributed by atoms with Gasteiger partial charge in [0.05, 0.1) is 13.1 Å². The molecule has 2 nitrogen and oxygen atoms in total. The fraction of sp³-hybridized carbons (Fsp3) is 0.889. The largest absolute Gasteiger partial charge is 0.465 e. The molecule has 0 saturated carbocycles. The van der Waals surface area contributed by atoms with Crippen molar-refractivity contribution in [3.05, 3.63) is 7.05 Å². The molecule has 2 fully saturated rings. The molecule has 0 unspecified atom stereocenters. The molecule has 0 bridgehead atoms. The van der Waals surface area contributed by atoms with Gasteiger partial charge in [-0.1, -0.05) is 6.42 Å². The normalized spacial score (nSPS) is 40.1. The Morgan fingerprint density at radius 3 is 2.27 bits per heavy atom. The maximum Gasteiger partial charge on any atom is 0.104 e. The molecule has 2 saturated heterocycles. The molecule has 0 spiro atoms. The van der Waals surface area contributed by atoms with Crippen LogP contribution < -0.4 is 4.90 Å². The highest BCUT2D eigenvalue weighted by Crippen LogP contribution is 2.12. The summed E-state index contributed by atoms with van der Waals surface area (Å²) < 4.78 is 0. The number of piperidine rings is 1. The van der Waals surface area contributed by atoms with Crippen molar-refractivity contribution in [3.8, 4) is 0 Å². The first-order valence-electron chi connectivity index (χ1n) is 4.77. The predicted molar refractivity (Wildman–Crippen MR) is 45.3 cm³/mol. The standard InChI is InChI=1S/C9H18N2/c1-10-7-9(8-10)11-5-3-2-4-6-11/h9-10H,1-8H2. The van der Waals surface area contributed by atoms with Crippen molar-refractivity contribution in [2.24, 2.45) is 0 Å².